The molecule has 0 aliphatic rings. The lowest BCUT2D eigenvalue weighted by Gasteiger charge is -2.10. The Morgan fingerprint density at radius 1 is 1.43 bits per heavy atom. The van der Waals surface area contributed by atoms with E-state index < -0.39 is 0 Å². The van der Waals surface area contributed by atoms with E-state index in [0.29, 0.717) is 12.4 Å². The van der Waals surface area contributed by atoms with Crippen LogP contribution < -0.4 is 0 Å². The van der Waals surface area contributed by atoms with Crippen LogP contribution in [0.5, 0.6) is 0 Å². The molecule has 0 aliphatic heterocycles. The van der Waals surface area contributed by atoms with Crippen LogP contribution in [0, 0.1) is 0 Å². The zero-order valence-corrected chi connectivity index (χ0v) is 9.04. The van der Waals surface area contributed by atoms with Gasteiger partial charge in [-0.05, 0) is 12.5 Å². The summed E-state index contributed by atoms with van der Waals surface area (Å²) in [6.07, 6.45) is 0. The largest absolute Gasteiger partial charge is 0.464 e. The van der Waals surface area contributed by atoms with Crippen molar-refractivity contribution in [2.45, 2.75) is 12.8 Å². The number of hydrogen-bond donors (Lipinski definition) is 1. The minimum absolute atomic E-state index is 0.190. The van der Waals surface area contributed by atoms with Gasteiger partial charge >= 0.3 is 5.97 Å². The summed E-state index contributed by atoms with van der Waals surface area (Å²) in [6, 6.07) is 9.60. The number of carbonyl (C=O) groups is 1. The van der Waals surface area contributed by atoms with E-state index >= 15 is 0 Å². The molecule has 0 radical (unpaired) electrons. The molecule has 1 aromatic rings. The first-order chi connectivity index (χ1) is 6.75. The van der Waals surface area contributed by atoms with E-state index in [1.165, 1.54) is 0 Å². The molecule has 0 heterocycles. The minimum Gasteiger partial charge on any atom is -0.464 e. The van der Waals surface area contributed by atoms with Crippen molar-refractivity contribution in [1.29, 1.82) is 0 Å². The Balaban J connectivity index is 2.57. The number of rotatable bonds is 4. The lowest BCUT2D eigenvalue weighted by atomic mass is 10.0. The molecule has 1 atom stereocenters. The van der Waals surface area contributed by atoms with E-state index in [-0.39, 0.29) is 11.9 Å². The molecule has 0 spiro atoms. The van der Waals surface area contributed by atoms with Gasteiger partial charge in [0.2, 0.25) is 0 Å². The Labute approximate surface area is 89.7 Å². The van der Waals surface area contributed by atoms with Gasteiger partial charge < -0.3 is 4.74 Å². The van der Waals surface area contributed by atoms with Gasteiger partial charge in [-0.3, -0.25) is 4.79 Å². The Morgan fingerprint density at radius 3 is 2.64 bits per heavy atom. The number of carbonyl (C=O) groups excluding carboxylic acids is 1. The first kappa shape index (κ1) is 11.1. The van der Waals surface area contributed by atoms with Crippen LogP contribution in [0.3, 0.4) is 0 Å². The topological polar surface area (TPSA) is 26.3 Å². The van der Waals surface area contributed by atoms with E-state index in [4.69, 9.17) is 4.74 Å². The number of hydrogen-bond acceptors (Lipinski definition) is 3. The highest BCUT2D eigenvalue weighted by molar-refractivity contribution is 7.80. The normalized spacial score (nSPS) is 12.1. The maximum atomic E-state index is 11.4. The highest BCUT2D eigenvalue weighted by Gasteiger charge is 2.15. The highest BCUT2D eigenvalue weighted by Crippen LogP contribution is 2.15. The smallest absolute Gasteiger partial charge is 0.313 e. The van der Waals surface area contributed by atoms with Gasteiger partial charge in [0.05, 0.1) is 5.92 Å². The van der Waals surface area contributed by atoms with Crippen LogP contribution in [0.4, 0.5) is 0 Å². The van der Waals surface area contributed by atoms with E-state index in [0.717, 1.165) is 5.56 Å². The van der Waals surface area contributed by atoms with Crippen molar-refractivity contribution in [3.05, 3.63) is 35.9 Å². The molecule has 1 unspecified atom stereocenters. The van der Waals surface area contributed by atoms with E-state index in [1.807, 2.05) is 37.3 Å². The monoisotopic (exact) mass is 210 g/mol. The fourth-order valence-electron chi connectivity index (χ4n) is 1.15. The summed E-state index contributed by atoms with van der Waals surface area (Å²) in [5.74, 6) is 0.175. The second-order valence-corrected chi connectivity index (χ2v) is 3.47. The Kier molecular flexibility index (Phi) is 4.53. The first-order valence-electron chi connectivity index (χ1n) is 4.58. The van der Waals surface area contributed by atoms with Crippen molar-refractivity contribution in [3.63, 3.8) is 0 Å². The van der Waals surface area contributed by atoms with Gasteiger partial charge in [0, 0.05) is 5.75 Å². The molecule has 0 fully saturated rings. The van der Waals surface area contributed by atoms with Crippen LogP contribution in [0.25, 0.3) is 0 Å². The molecule has 0 aliphatic carbocycles. The summed E-state index contributed by atoms with van der Waals surface area (Å²) in [5.41, 5.74) is 0.983. The van der Waals surface area contributed by atoms with E-state index in [9.17, 15) is 4.79 Å². The number of ether oxygens (including phenoxy) is 1. The lowest BCUT2D eigenvalue weighted by molar-refractivity contribution is -0.144. The molecule has 1 aromatic carbocycles. The van der Waals surface area contributed by atoms with Gasteiger partial charge in [0.25, 0.3) is 0 Å². The fourth-order valence-corrected chi connectivity index (χ4v) is 1.24. The van der Waals surface area contributed by atoms with Crippen LogP contribution in [-0.4, -0.2) is 18.3 Å². The molecule has 14 heavy (non-hydrogen) atoms. The SMILES string of the molecule is CC(C(=O)OCCS)c1ccccc1. The minimum atomic E-state index is -0.198. The van der Waals surface area contributed by atoms with Gasteiger partial charge in [-0.2, -0.15) is 12.6 Å². The first-order valence-corrected chi connectivity index (χ1v) is 5.21. The Hall–Kier alpha value is -0.960. The summed E-state index contributed by atoms with van der Waals surface area (Å²) >= 11 is 3.97. The fraction of sp³-hybridized carbons (Fsp3) is 0.364. The van der Waals surface area contributed by atoms with E-state index in [2.05, 4.69) is 12.6 Å². The van der Waals surface area contributed by atoms with Gasteiger partial charge in [0.15, 0.2) is 0 Å². The third kappa shape index (κ3) is 3.07. The van der Waals surface area contributed by atoms with Gasteiger partial charge in [-0.25, -0.2) is 0 Å². The third-order valence-corrected chi connectivity index (χ3v) is 2.17. The zero-order chi connectivity index (χ0) is 10.4. The molecule has 0 N–H and O–H groups in total. The van der Waals surface area contributed by atoms with Crippen molar-refractivity contribution in [1.82, 2.24) is 0 Å². The summed E-state index contributed by atoms with van der Waals surface area (Å²) < 4.78 is 4.99. The quantitative estimate of drug-likeness (QED) is 0.609. The Morgan fingerprint density at radius 2 is 2.07 bits per heavy atom. The number of benzene rings is 1. The van der Waals surface area contributed by atoms with E-state index in [1.54, 1.807) is 0 Å². The molecule has 0 saturated heterocycles. The van der Waals surface area contributed by atoms with Gasteiger partial charge in [-0.15, -0.1) is 0 Å². The molecule has 0 saturated carbocycles. The van der Waals surface area contributed by atoms with Gasteiger partial charge in [-0.1, -0.05) is 30.3 Å². The van der Waals surface area contributed by atoms with Crippen molar-refractivity contribution in [2.75, 3.05) is 12.4 Å². The summed E-state index contributed by atoms with van der Waals surface area (Å²) in [6.45, 7) is 2.22. The van der Waals surface area contributed by atoms with Crippen LogP contribution in [0.1, 0.15) is 18.4 Å². The highest BCUT2D eigenvalue weighted by atomic mass is 32.1. The third-order valence-electron chi connectivity index (χ3n) is 1.99. The maximum absolute atomic E-state index is 11.4. The second-order valence-electron chi connectivity index (χ2n) is 3.02. The van der Waals surface area contributed by atoms with Crippen molar-refractivity contribution in [2.24, 2.45) is 0 Å². The zero-order valence-electron chi connectivity index (χ0n) is 8.14. The predicted octanol–water partition coefficient (Wildman–Crippen LogP) is 2.26. The van der Waals surface area contributed by atoms with Crippen LogP contribution >= 0.6 is 12.6 Å². The second kappa shape index (κ2) is 5.70. The molecular formula is C11H14O2S. The predicted molar refractivity (Wildman–Crippen MR) is 59.7 cm³/mol. The van der Waals surface area contributed by atoms with Crippen molar-refractivity contribution >= 4 is 18.6 Å². The summed E-state index contributed by atoms with van der Waals surface area (Å²) in [5, 5.41) is 0. The molecule has 3 heteroatoms. The van der Waals surface area contributed by atoms with Crippen LogP contribution in [0.15, 0.2) is 30.3 Å². The number of thiol groups is 1. The standard InChI is InChI=1S/C11H14O2S/c1-9(11(12)13-7-8-14)10-5-3-2-4-6-10/h2-6,9,14H,7-8H2,1H3. The summed E-state index contributed by atoms with van der Waals surface area (Å²) in [4.78, 5) is 11.4. The maximum Gasteiger partial charge on any atom is 0.313 e. The molecule has 2 nitrogen and oxygen atoms in total. The number of esters is 1. The van der Waals surface area contributed by atoms with Crippen LogP contribution in [0.2, 0.25) is 0 Å². The molecule has 1 rings (SSSR count). The average molecular weight is 210 g/mol. The van der Waals surface area contributed by atoms with Crippen molar-refractivity contribution < 1.29 is 9.53 Å². The average Bonchev–Trinajstić information content (AvgIpc) is 2.26. The Bertz CT molecular complexity index is 285. The molecule has 0 amide bonds. The van der Waals surface area contributed by atoms with Crippen LogP contribution in [-0.2, 0) is 9.53 Å². The van der Waals surface area contributed by atoms with Crippen molar-refractivity contribution in [3.8, 4) is 0 Å². The van der Waals surface area contributed by atoms with Gasteiger partial charge in [0.1, 0.15) is 6.61 Å². The molecular weight excluding hydrogens is 196 g/mol. The molecule has 0 aromatic heterocycles. The molecule has 76 valence electrons. The molecule has 0 bridgehead atoms. The summed E-state index contributed by atoms with van der Waals surface area (Å²) in [7, 11) is 0. The lowest BCUT2D eigenvalue weighted by Crippen LogP contribution is -2.14.